The Hall–Kier alpha value is -1.53. The number of aromatic amines is 1. The minimum absolute atomic E-state index is 0.0101. The number of nitrogens with zero attached hydrogens (tertiary/aromatic N) is 2. The molecule has 1 heterocycles. The Morgan fingerprint density at radius 2 is 2.00 bits per heavy atom. The highest BCUT2D eigenvalue weighted by atomic mass is 35.5. The molecular weight excluding hydrogens is 320 g/mol. The van der Waals surface area contributed by atoms with E-state index in [1.807, 2.05) is 19.1 Å². The van der Waals surface area contributed by atoms with Gasteiger partial charge >= 0.3 is 0 Å². The maximum absolute atomic E-state index is 11.8. The number of rotatable bonds is 6. The minimum Gasteiger partial charge on any atom is -0.353 e. The monoisotopic (exact) mass is 338 g/mol. The van der Waals surface area contributed by atoms with Crippen LogP contribution in [0.3, 0.4) is 0 Å². The number of thioether (sulfide) groups is 1. The Balaban J connectivity index is 1.90. The maximum Gasteiger partial charge on any atom is 0.230 e. The van der Waals surface area contributed by atoms with E-state index in [2.05, 4.69) is 34.3 Å². The SMILES string of the molecule is CC(C)C(C)NC(=O)CSc1n[nH]c(-c2ccc(Cl)cc2)n1. The Morgan fingerprint density at radius 1 is 1.32 bits per heavy atom. The number of nitrogens with one attached hydrogen (secondary N) is 2. The van der Waals surface area contributed by atoms with Gasteiger partial charge in [-0.15, -0.1) is 5.10 Å². The van der Waals surface area contributed by atoms with Gasteiger partial charge in [-0.2, -0.15) is 0 Å². The molecule has 5 nitrogen and oxygen atoms in total. The first-order chi connectivity index (χ1) is 10.5. The lowest BCUT2D eigenvalue weighted by atomic mass is 10.1. The van der Waals surface area contributed by atoms with Gasteiger partial charge in [0.15, 0.2) is 5.82 Å². The molecule has 1 unspecified atom stereocenters. The van der Waals surface area contributed by atoms with Crippen molar-refractivity contribution in [3.63, 3.8) is 0 Å². The van der Waals surface area contributed by atoms with Crippen molar-refractivity contribution in [1.82, 2.24) is 20.5 Å². The fourth-order valence-electron chi connectivity index (χ4n) is 1.64. The number of hydrogen-bond donors (Lipinski definition) is 2. The van der Waals surface area contributed by atoms with E-state index >= 15 is 0 Å². The third-order valence-electron chi connectivity index (χ3n) is 3.30. The van der Waals surface area contributed by atoms with E-state index in [0.717, 1.165) is 5.56 Å². The summed E-state index contributed by atoms with van der Waals surface area (Å²) < 4.78 is 0. The van der Waals surface area contributed by atoms with Gasteiger partial charge in [-0.3, -0.25) is 9.89 Å². The van der Waals surface area contributed by atoms with Crippen molar-refractivity contribution < 1.29 is 4.79 Å². The zero-order valence-corrected chi connectivity index (χ0v) is 14.3. The number of carbonyl (C=O) groups excluding carboxylic acids is 1. The molecule has 1 aromatic heterocycles. The van der Waals surface area contributed by atoms with Crippen molar-refractivity contribution in [2.75, 3.05) is 5.75 Å². The molecule has 0 saturated heterocycles. The van der Waals surface area contributed by atoms with Crippen LogP contribution in [0, 0.1) is 5.92 Å². The van der Waals surface area contributed by atoms with Crippen LogP contribution in [0.1, 0.15) is 20.8 Å². The summed E-state index contributed by atoms with van der Waals surface area (Å²) in [6.07, 6.45) is 0. The standard InChI is InChI=1S/C15H19ClN4OS/c1-9(2)10(3)17-13(21)8-22-15-18-14(19-20-15)11-4-6-12(16)7-5-11/h4-7,9-10H,8H2,1-3H3,(H,17,21)(H,18,19,20). The van der Waals surface area contributed by atoms with E-state index in [0.29, 0.717) is 27.7 Å². The fourth-order valence-corrected chi connectivity index (χ4v) is 2.38. The lowest BCUT2D eigenvalue weighted by Gasteiger charge is -2.16. The van der Waals surface area contributed by atoms with Crippen LogP contribution in [0.15, 0.2) is 29.4 Å². The van der Waals surface area contributed by atoms with Crippen molar-refractivity contribution in [2.45, 2.75) is 32.0 Å². The Kier molecular flexibility index (Phi) is 5.85. The summed E-state index contributed by atoms with van der Waals surface area (Å²) in [5, 5.41) is 11.2. The van der Waals surface area contributed by atoms with Crippen molar-refractivity contribution in [3.05, 3.63) is 29.3 Å². The molecule has 0 aliphatic heterocycles. The summed E-state index contributed by atoms with van der Waals surface area (Å²) in [7, 11) is 0. The predicted molar refractivity (Wildman–Crippen MR) is 90.0 cm³/mol. The van der Waals surface area contributed by atoms with Crippen LogP contribution in [0.5, 0.6) is 0 Å². The molecule has 2 rings (SSSR count). The van der Waals surface area contributed by atoms with Crippen molar-refractivity contribution in [3.8, 4) is 11.4 Å². The van der Waals surface area contributed by atoms with Gasteiger partial charge in [0, 0.05) is 16.6 Å². The predicted octanol–water partition coefficient (Wildman–Crippen LogP) is 3.38. The summed E-state index contributed by atoms with van der Waals surface area (Å²) in [6.45, 7) is 6.15. The van der Waals surface area contributed by atoms with E-state index in [-0.39, 0.29) is 11.9 Å². The zero-order valence-electron chi connectivity index (χ0n) is 12.8. The van der Waals surface area contributed by atoms with E-state index in [4.69, 9.17) is 11.6 Å². The first-order valence-electron chi connectivity index (χ1n) is 7.06. The normalized spacial score (nSPS) is 12.4. The summed E-state index contributed by atoms with van der Waals surface area (Å²) in [5.74, 6) is 1.36. The average molecular weight is 339 g/mol. The molecule has 0 aliphatic rings. The molecule has 7 heteroatoms. The molecule has 0 spiro atoms. The van der Waals surface area contributed by atoms with Crippen LogP contribution in [-0.2, 0) is 4.79 Å². The van der Waals surface area contributed by atoms with Gasteiger partial charge < -0.3 is 5.32 Å². The van der Waals surface area contributed by atoms with Crippen molar-refractivity contribution >= 4 is 29.3 Å². The van der Waals surface area contributed by atoms with Gasteiger partial charge in [0.25, 0.3) is 0 Å². The Labute approximate surface area is 139 Å². The van der Waals surface area contributed by atoms with E-state index < -0.39 is 0 Å². The highest BCUT2D eigenvalue weighted by molar-refractivity contribution is 7.99. The van der Waals surface area contributed by atoms with Crippen LogP contribution < -0.4 is 5.32 Å². The third kappa shape index (κ3) is 4.74. The largest absolute Gasteiger partial charge is 0.353 e. The van der Waals surface area contributed by atoms with Crippen LogP contribution in [0.4, 0.5) is 0 Å². The van der Waals surface area contributed by atoms with E-state index in [1.54, 1.807) is 12.1 Å². The summed E-state index contributed by atoms with van der Waals surface area (Å²) >= 11 is 7.17. The number of amides is 1. The first kappa shape index (κ1) is 16.8. The molecule has 0 radical (unpaired) electrons. The van der Waals surface area contributed by atoms with E-state index in [1.165, 1.54) is 11.8 Å². The second kappa shape index (κ2) is 7.65. The lowest BCUT2D eigenvalue weighted by Crippen LogP contribution is -2.37. The molecular formula is C15H19ClN4OS. The smallest absolute Gasteiger partial charge is 0.230 e. The molecule has 0 aliphatic carbocycles. The number of benzene rings is 1. The van der Waals surface area contributed by atoms with Gasteiger partial charge in [-0.1, -0.05) is 37.2 Å². The first-order valence-corrected chi connectivity index (χ1v) is 8.42. The van der Waals surface area contributed by atoms with Gasteiger partial charge in [0.2, 0.25) is 11.1 Å². The van der Waals surface area contributed by atoms with Crippen LogP contribution >= 0.6 is 23.4 Å². The topological polar surface area (TPSA) is 70.7 Å². The second-order valence-electron chi connectivity index (χ2n) is 5.36. The number of carbonyl (C=O) groups is 1. The van der Waals surface area contributed by atoms with Crippen LogP contribution in [0.2, 0.25) is 5.02 Å². The fraction of sp³-hybridized carbons (Fsp3) is 0.400. The Bertz CT molecular complexity index is 627. The molecule has 1 atom stereocenters. The quantitative estimate of drug-likeness (QED) is 0.792. The molecule has 118 valence electrons. The van der Waals surface area contributed by atoms with Crippen molar-refractivity contribution in [1.29, 1.82) is 0 Å². The van der Waals surface area contributed by atoms with Gasteiger partial charge in [-0.25, -0.2) is 4.98 Å². The molecule has 0 fully saturated rings. The maximum atomic E-state index is 11.8. The molecule has 0 saturated carbocycles. The lowest BCUT2D eigenvalue weighted by molar-refractivity contribution is -0.119. The van der Waals surface area contributed by atoms with Gasteiger partial charge in [0.1, 0.15) is 0 Å². The molecule has 1 amide bonds. The number of H-pyrrole nitrogens is 1. The summed E-state index contributed by atoms with van der Waals surface area (Å²) in [5.41, 5.74) is 0.904. The molecule has 2 N–H and O–H groups in total. The van der Waals surface area contributed by atoms with Gasteiger partial charge in [0.05, 0.1) is 5.75 Å². The Morgan fingerprint density at radius 3 is 2.64 bits per heavy atom. The number of hydrogen-bond acceptors (Lipinski definition) is 4. The number of aromatic nitrogens is 3. The van der Waals surface area contributed by atoms with Crippen LogP contribution in [-0.4, -0.2) is 32.9 Å². The minimum atomic E-state index is -0.0101. The molecule has 0 bridgehead atoms. The van der Waals surface area contributed by atoms with E-state index in [9.17, 15) is 4.79 Å². The van der Waals surface area contributed by atoms with Crippen LogP contribution in [0.25, 0.3) is 11.4 Å². The summed E-state index contributed by atoms with van der Waals surface area (Å²) in [4.78, 5) is 16.2. The molecule has 2 aromatic rings. The summed E-state index contributed by atoms with van der Waals surface area (Å²) in [6, 6.07) is 7.49. The van der Waals surface area contributed by atoms with Gasteiger partial charge in [-0.05, 0) is 37.1 Å². The number of halogens is 1. The zero-order chi connectivity index (χ0) is 16.1. The highest BCUT2D eigenvalue weighted by Crippen LogP contribution is 2.20. The van der Waals surface area contributed by atoms with Crippen molar-refractivity contribution in [2.24, 2.45) is 5.92 Å². The average Bonchev–Trinajstić information content (AvgIpc) is 2.94. The second-order valence-corrected chi connectivity index (χ2v) is 6.74. The molecule has 22 heavy (non-hydrogen) atoms. The molecule has 1 aromatic carbocycles. The third-order valence-corrected chi connectivity index (χ3v) is 4.40. The highest BCUT2D eigenvalue weighted by Gasteiger charge is 2.12.